The summed E-state index contributed by atoms with van der Waals surface area (Å²) in [5.74, 6) is -0.469. The van der Waals surface area contributed by atoms with Crippen molar-refractivity contribution >= 4 is 18.3 Å². The molecule has 0 spiro atoms. The second kappa shape index (κ2) is 9.99. The number of amides is 1. The summed E-state index contributed by atoms with van der Waals surface area (Å²) in [7, 11) is 1.65. The van der Waals surface area contributed by atoms with E-state index in [-0.39, 0.29) is 35.9 Å². The molecule has 0 aromatic heterocycles. The number of methoxy groups -OCH3 is 1. The lowest BCUT2D eigenvalue weighted by atomic mass is 9.79. The Hall–Kier alpha value is -1.51. The fourth-order valence-electron chi connectivity index (χ4n) is 2.98. The van der Waals surface area contributed by atoms with E-state index in [4.69, 9.17) is 4.74 Å². The Kier molecular flexibility index (Phi) is 8.66. The molecule has 0 atom stereocenters. The van der Waals surface area contributed by atoms with Crippen molar-refractivity contribution in [3.8, 4) is 5.75 Å². The van der Waals surface area contributed by atoms with Gasteiger partial charge in [-0.3, -0.25) is 4.79 Å². The van der Waals surface area contributed by atoms with Crippen LogP contribution in [0, 0.1) is 5.41 Å². The number of hydrogen-bond acceptors (Lipinski definition) is 4. The van der Waals surface area contributed by atoms with Crippen LogP contribution in [0.3, 0.4) is 0 Å². The topological polar surface area (TPSA) is 59.6 Å². The molecule has 2 rings (SSSR count). The lowest BCUT2D eigenvalue weighted by Gasteiger charge is -2.37. The molecule has 1 aromatic carbocycles. The van der Waals surface area contributed by atoms with Gasteiger partial charge in [-0.05, 0) is 43.6 Å². The summed E-state index contributed by atoms with van der Waals surface area (Å²) in [5, 5.41) is 6.21. The standard InChI is InChI=1S/C17H23F3N2O3.ClH/c1-24-12-16(6-8-21-9-7-16)11-22-15(23)10-13-2-4-14(5-3-13)25-17(18,19)20;/h2-5,21H,6-12H2,1H3,(H,22,23);1H. The average molecular weight is 397 g/mol. The molecule has 0 unspecified atom stereocenters. The number of ether oxygens (including phenoxy) is 2. The number of carbonyl (C=O) groups is 1. The minimum Gasteiger partial charge on any atom is -0.406 e. The quantitative estimate of drug-likeness (QED) is 0.744. The lowest BCUT2D eigenvalue weighted by molar-refractivity contribution is -0.274. The van der Waals surface area contributed by atoms with Crippen LogP contribution in [0.15, 0.2) is 24.3 Å². The summed E-state index contributed by atoms with van der Waals surface area (Å²) in [6, 6.07) is 5.32. The van der Waals surface area contributed by atoms with E-state index in [2.05, 4.69) is 15.4 Å². The molecule has 1 aromatic rings. The molecule has 0 aliphatic carbocycles. The van der Waals surface area contributed by atoms with Crippen molar-refractivity contribution in [1.29, 1.82) is 0 Å². The Morgan fingerprint density at radius 1 is 1.23 bits per heavy atom. The zero-order chi connectivity index (χ0) is 18.3. The van der Waals surface area contributed by atoms with Crippen LogP contribution in [0.2, 0.25) is 0 Å². The Bertz CT molecular complexity index is 556. The van der Waals surface area contributed by atoms with Crippen LogP contribution in [-0.2, 0) is 16.0 Å². The largest absolute Gasteiger partial charge is 0.573 e. The highest BCUT2D eigenvalue weighted by atomic mass is 35.5. The van der Waals surface area contributed by atoms with Gasteiger partial charge in [0.2, 0.25) is 5.91 Å². The van der Waals surface area contributed by atoms with Gasteiger partial charge in [-0.25, -0.2) is 0 Å². The maximum atomic E-state index is 12.1. The summed E-state index contributed by atoms with van der Waals surface area (Å²) in [5.41, 5.74) is 0.554. The first-order valence-electron chi connectivity index (χ1n) is 8.13. The van der Waals surface area contributed by atoms with Crippen LogP contribution in [0.5, 0.6) is 5.75 Å². The number of rotatable bonds is 7. The molecule has 1 heterocycles. The van der Waals surface area contributed by atoms with Crippen LogP contribution in [0.4, 0.5) is 13.2 Å². The Morgan fingerprint density at radius 2 is 1.85 bits per heavy atom. The molecule has 0 radical (unpaired) electrons. The van der Waals surface area contributed by atoms with E-state index in [9.17, 15) is 18.0 Å². The first-order valence-corrected chi connectivity index (χ1v) is 8.13. The highest BCUT2D eigenvalue weighted by Crippen LogP contribution is 2.28. The van der Waals surface area contributed by atoms with Crippen LogP contribution >= 0.6 is 12.4 Å². The average Bonchev–Trinajstić information content (AvgIpc) is 2.55. The Labute approximate surface area is 157 Å². The zero-order valence-electron chi connectivity index (χ0n) is 14.5. The maximum Gasteiger partial charge on any atom is 0.573 e. The third kappa shape index (κ3) is 7.39. The van der Waals surface area contributed by atoms with Gasteiger partial charge >= 0.3 is 6.36 Å². The van der Waals surface area contributed by atoms with E-state index in [1.807, 2.05) is 0 Å². The second-order valence-corrected chi connectivity index (χ2v) is 6.33. The van der Waals surface area contributed by atoms with Crippen LogP contribution in [-0.4, -0.2) is 45.6 Å². The minimum atomic E-state index is -4.72. The van der Waals surface area contributed by atoms with Gasteiger partial charge in [-0.2, -0.15) is 0 Å². The molecule has 1 aliphatic heterocycles. The molecule has 1 fully saturated rings. The lowest BCUT2D eigenvalue weighted by Crippen LogP contribution is -2.47. The Balaban J connectivity index is 0.00000338. The smallest absolute Gasteiger partial charge is 0.406 e. The van der Waals surface area contributed by atoms with Gasteiger partial charge in [0.1, 0.15) is 5.75 Å². The molecule has 1 saturated heterocycles. The van der Waals surface area contributed by atoms with Crippen LogP contribution in [0.25, 0.3) is 0 Å². The van der Waals surface area contributed by atoms with Crippen molar-refractivity contribution in [2.24, 2.45) is 5.41 Å². The van der Waals surface area contributed by atoms with Gasteiger partial charge in [0.05, 0.1) is 13.0 Å². The van der Waals surface area contributed by atoms with Gasteiger partial charge in [0.15, 0.2) is 0 Å². The van der Waals surface area contributed by atoms with E-state index in [1.165, 1.54) is 24.3 Å². The van der Waals surface area contributed by atoms with E-state index in [0.717, 1.165) is 25.9 Å². The molecule has 1 aliphatic rings. The van der Waals surface area contributed by atoms with E-state index in [1.54, 1.807) is 7.11 Å². The highest BCUT2D eigenvalue weighted by Gasteiger charge is 2.32. The molecule has 148 valence electrons. The number of alkyl halides is 3. The fraction of sp³-hybridized carbons (Fsp3) is 0.588. The minimum absolute atomic E-state index is 0. The Morgan fingerprint density at radius 3 is 2.38 bits per heavy atom. The number of piperidine rings is 1. The van der Waals surface area contributed by atoms with Crippen molar-refractivity contribution in [2.75, 3.05) is 33.4 Å². The van der Waals surface area contributed by atoms with Crippen molar-refractivity contribution in [3.63, 3.8) is 0 Å². The molecule has 1 amide bonds. The molecular weight excluding hydrogens is 373 g/mol. The summed E-state index contributed by atoms with van der Waals surface area (Å²) in [6.07, 6.45) is -2.77. The molecule has 9 heteroatoms. The predicted octanol–water partition coefficient (Wildman–Crippen LogP) is 2.68. The maximum absolute atomic E-state index is 12.1. The van der Waals surface area contributed by atoms with E-state index < -0.39 is 6.36 Å². The summed E-state index contributed by atoms with van der Waals surface area (Å²) in [4.78, 5) is 12.1. The van der Waals surface area contributed by atoms with Gasteiger partial charge in [-0.15, -0.1) is 25.6 Å². The molecule has 5 nitrogen and oxygen atoms in total. The van der Waals surface area contributed by atoms with E-state index in [0.29, 0.717) is 18.7 Å². The highest BCUT2D eigenvalue weighted by molar-refractivity contribution is 5.85. The SMILES string of the molecule is COCC1(CNC(=O)Cc2ccc(OC(F)(F)F)cc2)CCNCC1.Cl. The number of halogens is 4. The molecule has 0 bridgehead atoms. The monoisotopic (exact) mass is 396 g/mol. The number of carbonyl (C=O) groups excluding carboxylic acids is 1. The summed E-state index contributed by atoms with van der Waals surface area (Å²) < 4.78 is 45.5. The van der Waals surface area contributed by atoms with E-state index >= 15 is 0 Å². The van der Waals surface area contributed by atoms with Crippen molar-refractivity contribution in [1.82, 2.24) is 10.6 Å². The third-order valence-electron chi connectivity index (χ3n) is 4.30. The molecule has 2 N–H and O–H groups in total. The normalized spacial score (nSPS) is 16.5. The van der Waals surface area contributed by atoms with Crippen molar-refractivity contribution in [3.05, 3.63) is 29.8 Å². The van der Waals surface area contributed by atoms with Crippen LogP contribution < -0.4 is 15.4 Å². The van der Waals surface area contributed by atoms with Gasteiger partial charge in [-0.1, -0.05) is 12.1 Å². The molecule has 0 saturated carbocycles. The number of nitrogens with one attached hydrogen (secondary N) is 2. The van der Waals surface area contributed by atoms with Gasteiger partial charge < -0.3 is 20.1 Å². The predicted molar refractivity (Wildman–Crippen MR) is 93.5 cm³/mol. The van der Waals surface area contributed by atoms with Crippen molar-refractivity contribution < 1.29 is 27.4 Å². The summed E-state index contributed by atoms with van der Waals surface area (Å²) >= 11 is 0. The molecule has 26 heavy (non-hydrogen) atoms. The number of benzene rings is 1. The second-order valence-electron chi connectivity index (χ2n) is 6.33. The van der Waals surface area contributed by atoms with Gasteiger partial charge in [0, 0.05) is 19.1 Å². The fourth-order valence-corrected chi connectivity index (χ4v) is 2.98. The third-order valence-corrected chi connectivity index (χ3v) is 4.30. The summed E-state index contributed by atoms with van der Waals surface area (Å²) in [6.45, 7) is 2.88. The number of hydrogen-bond donors (Lipinski definition) is 2. The first-order chi connectivity index (χ1) is 11.8. The first kappa shape index (κ1) is 22.5. The molecular formula is C17H24ClF3N2O3. The van der Waals surface area contributed by atoms with Crippen LogP contribution in [0.1, 0.15) is 18.4 Å². The van der Waals surface area contributed by atoms with Crippen molar-refractivity contribution in [2.45, 2.75) is 25.6 Å². The van der Waals surface area contributed by atoms with Gasteiger partial charge in [0.25, 0.3) is 0 Å². The zero-order valence-corrected chi connectivity index (χ0v) is 15.3.